The molecule has 0 saturated heterocycles. The first-order chi connectivity index (χ1) is 13.4. The molecule has 1 aliphatic rings. The van der Waals surface area contributed by atoms with Gasteiger partial charge in [0.1, 0.15) is 4.90 Å². The van der Waals surface area contributed by atoms with Gasteiger partial charge in [0.2, 0.25) is 16.8 Å². The number of hydrogen-bond donors (Lipinski definition) is 1. The number of halogens is 1. The topological polar surface area (TPSA) is 84.9 Å². The van der Waals surface area contributed by atoms with Crippen LogP contribution in [0.1, 0.15) is 29.8 Å². The molecule has 0 radical (unpaired) electrons. The van der Waals surface area contributed by atoms with E-state index in [1.165, 1.54) is 22.5 Å². The maximum Gasteiger partial charge on any atom is 0.251 e. The maximum absolute atomic E-state index is 12.8. The predicted octanol–water partition coefficient (Wildman–Crippen LogP) is 3.03. The predicted molar refractivity (Wildman–Crippen MR) is 105 cm³/mol. The zero-order valence-corrected chi connectivity index (χ0v) is 17.1. The van der Waals surface area contributed by atoms with Crippen LogP contribution in [0.4, 0.5) is 0 Å². The Morgan fingerprint density at radius 2 is 1.82 bits per heavy atom. The molecule has 1 amide bonds. The molecule has 0 unspecified atom stereocenters. The molecule has 1 N–H and O–H groups in total. The fourth-order valence-corrected chi connectivity index (χ4v) is 4.84. The summed E-state index contributed by atoms with van der Waals surface area (Å²) in [6.07, 6.45) is 0. The molecule has 1 heterocycles. The van der Waals surface area contributed by atoms with Crippen molar-refractivity contribution in [1.82, 2.24) is 9.62 Å². The van der Waals surface area contributed by atoms with Gasteiger partial charge in [-0.2, -0.15) is 4.31 Å². The largest absolute Gasteiger partial charge is 0.454 e. The number of carbonyl (C=O) groups is 1. The highest BCUT2D eigenvalue weighted by Crippen LogP contribution is 2.32. The minimum Gasteiger partial charge on any atom is -0.454 e. The van der Waals surface area contributed by atoms with Gasteiger partial charge < -0.3 is 14.8 Å². The van der Waals surface area contributed by atoms with Crippen molar-refractivity contribution in [3.8, 4) is 11.5 Å². The second-order valence-corrected chi connectivity index (χ2v) is 8.42. The van der Waals surface area contributed by atoms with Gasteiger partial charge in [0.15, 0.2) is 11.5 Å². The van der Waals surface area contributed by atoms with Crippen molar-refractivity contribution in [2.75, 3.05) is 19.9 Å². The molecular weight excluding hydrogens is 404 g/mol. The minimum atomic E-state index is -3.77. The summed E-state index contributed by atoms with van der Waals surface area (Å²) in [5.41, 5.74) is 1.05. The number of rotatable bonds is 7. The molecule has 150 valence electrons. The van der Waals surface area contributed by atoms with E-state index < -0.39 is 15.9 Å². The van der Waals surface area contributed by atoms with Gasteiger partial charge in [-0.25, -0.2) is 8.42 Å². The van der Waals surface area contributed by atoms with Crippen LogP contribution in [0.2, 0.25) is 5.02 Å². The maximum atomic E-state index is 12.8. The van der Waals surface area contributed by atoms with Gasteiger partial charge in [-0.1, -0.05) is 31.5 Å². The van der Waals surface area contributed by atoms with Gasteiger partial charge >= 0.3 is 0 Å². The summed E-state index contributed by atoms with van der Waals surface area (Å²) < 4.78 is 37.4. The van der Waals surface area contributed by atoms with E-state index in [1.807, 2.05) is 6.07 Å². The number of sulfonamides is 1. The zero-order valence-electron chi connectivity index (χ0n) is 15.6. The molecule has 3 rings (SSSR count). The Kier molecular flexibility index (Phi) is 6.12. The van der Waals surface area contributed by atoms with Gasteiger partial charge in [-0.15, -0.1) is 0 Å². The molecule has 0 bridgehead atoms. The standard InChI is InChI=1S/C19H21ClN2O5S/c1-3-22(4-2)28(24,25)18-10-14(6-7-15(18)20)19(23)21-11-13-5-8-16-17(9-13)27-12-26-16/h5-10H,3-4,11-12H2,1-2H3,(H,21,23). The van der Waals surface area contributed by atoms with Gasteiger partial charge in [-0.05, 0) is 35.9 Å². The van der Waals surface area contributed by atoms with E-state index >= 15 is 0 Å². The first-order valence-electron chi connectivity index (χ1n) is 8.83. The van der Waals surface area contributed by atoms with Crippen molar-refractivity contribution in [2.24, 2.45) is 0 Å². The van der Waals surface area contributed by atoms with Crippen LogP contribution < -0.4 is 14.8 Å². The quantitative estimate of drug-likeness (QED) is 0.738. The third kappa shape index (κ3) is 4.09. The molecule has 0 atom stereocenters. The van der Waals surface area contributed by atoms with E-state index in [1.54, 1.807) is 26.0 Å². The van der Waals surface area contributed by atoms with E-state index in [0.29, 0.717) is 24.6 Å². The highest BCUT2D eigenvalue weighted by molar-refractivity contribution is 7.89. The summed E-state index contributed by atoms with van der Waals surface area (Å²) in [4.78, 5) is 12.5. The molecule has 0 saturated carbocycles. The number of fused-ring (bicyclic) bond motifs is 1. The second-order valence-electron chi connectivity index (χ2n) is 6.10. The SMILES string of the molecule is CCN(CC)S(=O)(=O)c1cc(C(=O)NCc2ccc3c(c2)OCO3)ccc1Cl. The smallest absolute Gasteiger partial charge is 0.251 e. The van der Waals surface area contributed by atoms with Crippen LogP contribution in [0.25, 0.3) is 0 Å². The first kappa shape index (κ1) is 20.4. The molecule has 2 aromatic carbocycles. The number of ether oxygens (including phenoxy) is 2. The van der Waals surface area contributed by atoms with Crippen LogP contribution in [-0.2, 0) is 16.6 Å². The van der Waals surface area contributed by atoms with Gasteiger partial charge in [0, 0.05) is 25.2 Å². The molecule has 9 heteroatoms. The molecular formula is C19H21ClN2O5S. The third-order valence-electron chi connectivity index (χ3n) is 4.41. The molecule has 0 aromatic heterocycles. The molecule has 2 aromatic rings. The fourth-order valence-electron chi connectivity index (χ4n) is 2.88. The molecule has 7 nitrogen and oxygen atoms in total. The Hall–Kier alpha value is -2.29. The molecule has 0 aliphatic carbocycles. The zero-order chi connectivity index (χ0) is 20.3. The Balaban J connectivity index is 1.77. The van der Waals surface area contributed by atoms with Gasteiger partial charge in [0.25, 0.3) is 5.91 Å². The lowest BCUT2D eigenvalue weighted by molar-refractivity contribution is 0.0950. The van der Waals surface area contributed by atoms with Crippen LogP contribution >= 0.6 is 11.6 Å². The molecule has 1 aliphatic heterocycles. The lowest BCUT2D eigenvalue weighted by Gasteiger charge is -2.19. The average molecular weight is 425 g/mol. The van der Waals surface area contributed by atoms with Crippen molar-refractivity contribution in [3.63, 3.8) is 0 Å². The van der Waals surface area contributed by atoms with Crippen molar-refractivity contribution < 1.29 is 22.7 Å². The summed E-state index contributed by atoms with van der Waals surface area (Å²) in [5, 5.41) is 2.86. The lowest BCUT2D eigenvalue weighted by atomic mass is 10.1. The summed E-state index contributed by atoms with van der Waals surface area (Å²) in [6, 6.07) is 9.63. The Morgan fingerprint density at radius 3 is 2.54 bits per heavy atom. The fraction of sp³-hybridized carbons (Fsp3) is 0.316. The summed E-state index contributed by atoms with van der Waals surface area (Å²) in [7, 11) is -3.77. The van der Waals surface area contributed by atoms with E-state index in [0.717, 1.165) is 5.56 Å². The van der Waals surface area contributed by atoms with Crippen molar-refractivity contribution >= 4 is 27.5 Å². The summed E-state index contributed by atoms with van der Waals surface area (Å²) in [5.74, 6) is 0.898. The van der Waals surface area contributed by atoms with Crippen LogP contribution in [0.5, 0.6) is 11.5 Å². The molecule has 0 spiro atoms. The second kappa shape index (κ2) is 8.38. The highest BCUT2D eigenvalue weighted by atomic mass is 35.5. The number of amides is 1. The monoisotopic (exact) mass is 424 g/mol. The third-order valence-corrected chi connectivity index (χ3v) is 6.94. The number of nitrogens with zero attached hydrogens (tertiary/aromatic N) is 1. The van der Waals surface area contributed by atoms with Crippen molar-refractivity contribution in [2.45, 2.75) is 25.3 Å². The minimum absolute atomic E-state index is 0.0754. The first-order valence-corrected chi connectivity index (χ1v) is 10.6. The Bertz CT molecular complexity index is 990. The number of hydrogen-bond acceptors (Lipinski definition) is 5. The van der Waals surface area contributed by atoms with Crippen molar-refractivity contribution in [3.05, 3.63) is 52.5 Å². The summed E-state index contributed by atoms with van der Waals surface area (Å²) in [6.45, 7) is 4.56. The van der Waals surface area contributed by atoms with Crippen molar-refractivity contribution in [1.29, 1.82) is 0 Å². The van der Waals surface area contributed by atoms with E-state index in [9.17, 15) is 13.2 Å². The van der Waals surface area contributed by atoms with E-state index in [2.05, 4.69) is 5.32 Å². The number of carbonyl (C=O) groups excluding carboxylic acids is 1. The highest BCUT2D eigenvalue weighted by Gasteiger charge is 2.25. The molecule has 0 fully saturated rings. The van der Waals surface area contributed by atoms with Gasteiger partial charge in [0.05, 0.1) is 5.02 Å². The van der Waals surface area contributed by atoms with Gasteiger partial charge in [-0.3, -0.25) is 4.79 Å². The van der Waals surface area contributed by atoms with Crippen LogP contribution in [0.15, 0.2) is 41.3 Å². The number of benzene rings is 2. The number of nitrogens with one attached hydrogen (secondary N) is 1. The normalized spacial score (nSPS) is 13.0. The van der Waals surface area contributed by atoms with E-state index in [4.69, 9.17) is 21.1 Å². The van der Waals surface area contributed by atoms with Crippen LogP contribution in [0, 0.1) is 0 Å². The summed E-state index contributed by atoms with van der Waals surface area (Å²) >= 11 is 6.11. The van der Waals surface area contributed by atoms with Crippen LogP contribution in [0.3, 0.4) is 0 Å². The Labute approximate surface area is 169 Å². The van der Waals surface area contributed by atoms with E-state index in [-0.39, 0.29) is 28.8 Å². The average Bonchev–Trinajstić information content (AvgIpc) is 3.15. The van der Waals surface area contributed by atoms with Crippen LogP contribution in [-0.4, -0.2) is 38.5 Å². The lowest BCUT2D eigenvalue weighted by Crippen LogP contribution is -2.31. The molecule has 28 heavy (non-hydrogen) atoms. The Morgan fingerprint density at radius 1 is 1.11 bits per heavy atom.